The molecule has 3 rings (SSSR count). The summed E-state index contributed by atoms with van der Waals surface area (Å²) in [6.45, 7) is 5.63. The molecule has 1 aliphatic carbocycles. The molecule has 0 spiro atoms. The summed E-state index contributed by atoms with van der Waals surface area (Å²) >= 11 is 0. The molecule has 1 fully saturated rings. The van der Waals surface area contributed by atoms with Gasteiger partial charge in [0.25, 0.3) is 0 Å². The van der Waals surface area contributed by atoms with Crippen LogP contribution >= 0.6 is 0 Å². The second kappa shape index (κ2) is 8.42. The van der Waals surface area contributed by atoms with Crippen molar-refractivity contribution in [1.82, 2.24) is 5.32 Å². The van der Waals surface area contributed by atoms with Crippen LogP contribution in [0.4, 0.5) is 18.9 Å². The van der Waals surface area contributed by atoms with Crippen molar-refractivity contribution < 1.29 is 26.4 Å². The van der Waals surface area contributed by atoms with Gasteiger partial charge in [0.2, 0.25) is 15.9 Å². The molecule has 0 heterocycles. The third kappa shape index (κ3) is 5.26. The number of halogens is 3. The lowest BCUT2D eigenvalue weighted by atomic mass is 9.94. The lowest BCUT2D eigenvalue weighted by Gasteiger charge is -2.19. The van der Waals surface area contributed by atoms with E-state index in [2.05, 4.69) is 10.0 Å². The van der Waals surface area contributed by atoms with Crippen LogP contribution < -0.4 is 10.0 Å². The Morgan fingerprint density at radius 3 is 2.34 bits per heavy atom. The summed E-state index contributed by atoms with van der Waals surface area (Å²) in [4.78, 5) is 12.8. The van der Waals surface area contributed by atoms with Crippen molar-refractivity contribution in [3.05, 3.63) is 64.7 Å². The van der Waals surface area contributed by atoms with Gasteiger partial charge in [-0.25, -0.2) is 8.42 Å². The van der Waals surface area contributed by atoms with Gasteiger partial charge < -0.3 is 5.32 Å². The standard InChI is InChI=1S/C23H27F3N2O3S/c1-5-15-12-16(6-11-20(15)28-32(4,30)31)14(2)27-21(29)19-13-22(19,3)17-7-9-18(10-8-17)23(24,25)26/h6-12,14,19,28H,5,13H2,1-4H3,(H,27,29)/t14-,19-,22-/m1/s1. The molecule has 0 saturated heterocycles. The first-order valence-electron chi connectivity index (χ1n) is 10.3. The van der Waals surface area contributed by atoms with Gasteiger partial charge in [-0.3, -0.25) is 9.52 Å². The van der Waals surface area contributed by atoms with E-state index < -0.39 is 27.2 Å². The fraction of sp³-hybridized carbons (Fsp3) is 0.435. The molecule has 174 valence electrons. The second-order valence-corrected chi connectivity index (χ2v) is 10.4. The second-order valence-electron chi connectivity index (χ2n) is 8.62. The van der Waals surface area contributed by atoms with Gasteiger partial charge in [-0.15, -0.1) is 0 Å². The lowest BCUT2D eigenvalue weighted by molar-refractivity contribution is -0.137. The van der Waals surface area contributed by atoms with Crippen molar-refractivity contribution in [2.75, 3.05) is 11.0 Å². The van der Waals surface area contributed by atoms with E-state index in [4.69, 9.17) is 0 Å². The topological polar surface area (TPSA) is 75.3 Å². The van der Waals surface area contributed by atoms with Gasteiger partial charge >= 0.3 is 6.18 Å². The van der Waals surface area contributed by atoms with Crippen LogP contribution in [0.25, 0.3) is 0 Å². The zero-order valence-corrected chi connectivity index (χ0v) is 19.2. The molecule has 0 aliphatic heterocycles. The van der Waals surface area contributed by atoms with Crippen molar-refractivity contribution in [2.24, 2.45) is 5.92 Å². The maximum Gasteiger partial charge on any atom is 0.416 e. The molecule has 0 aromatic heterocycles. The van der Waals surface area contributed by atoms with Crippen LogP contribution in [0.3, 0.4) is 0 Å². The fourth-order valence-electron chi connectivity index (χ4n) is 3.98. The average molecular weight is 469 g/mol. The van der Waals surface area contributed by atoms with Crippen LogP contribution in [0.2, 0.25) is 0 Å². The number of sulfonamides is 1. The number of rotatable bonds is 7. The molecule has 3 atom stereocenters. The molecule has 2 aromatic carbocycles. The molecule has 0 radical (unpaired) electrons. The molecule has 0 unspecified atom stereocenters. The van der Waals surface area contributed by atoms with E-state index in [9.17, 15) is 26.4 Å². The quantitative estimate of drug-likeness (QED) is 0.613. The number of amides is 1. The summed E-state index contributed by atoms with van der Waals surface area (Å²) in [5, 5.41) is 2.98. The molecule has 5 nitrogen and oxygen atoms in total. The summed E-state index contributed by atoms with van der Waals surface area (Å²) in [7, 11) is -3.40. The first-order chi connectivity index (χ1) is 14.7. The SMILES string of the molecule is CCc1cc([C@@H](C)NC(=O)[C@H]2C[C@]2(C)c2ccc(C(F)(F)F)cc2)ccc1NS(C)(=O)=O. The molecular weight excluding hydrogens is 441 g/mol. The summed E-state index contributed by atoms with van der Waals surface area (Å²) in [6.07, 6.45) is -2.12. The number of benzene rings is 2. The molecule has 0 bridgehead atoms. The Morgan fingerprint density at radius 2 is 1.81 bits per heavy atom. The number of anilines is 1. The largest absolute Gasteiger partial charge is 0.416 e. The van der Waals surface area contributed by atoms with Crippen LogP contribution in [0.15, 0.2) is 42.5 Å². The number of aryl methyl sites for hydroxylation is 1. The Balaban J connectivity index is 1.69. The van der Waals surface area contributed by atoms with E-state index in [0.717, 1.165) is 29.5 Å². The van der Waals surface area contributed by atoms with Gasteiger partial charge in [0.1, 0.15) is 0 Å². The van der Waals surface area contributed by atoms with Gasteiger partial charge in [0.15, 0.2) is 0 Å². The van der Waals surface area contributed by atoms with Crippen LogP contribution in [0, 0.1) is 5.92 Å². The molecule has 32 heavy (non-hydrogen) atoms. The normalized spacial score (nSPS) is 21.7. The predicted molar refractivity (Wildman–Crippen MR) is 118 cm³/mol. The van der Waals surface area contributed by atoms with E-state index in [0.29, 0.717) is 24.1 Å². The fourth-order valence-corrected chi connectivity index (χ4v) is 4.58. The number of carbonyl (C=O) groups is 1. The minimum absolute atomic E-state index is 0.156. The number of nitrogens with one attached hydrogen (secondary N) is 2. The highest BCUT2D eigenvalue weighted by molar-refractivity contribution is 7.92. The highest BCUT2D eigenvalue weighted by Crippen LogP contribution is 2.54. The van der Waals surface area contributed by atoms with Crippen LogP contribution in [0.5, 0.6) is 0 Å². The van der Waals surface area contributed by atoms with Crippen molar-refractivity contribution in [3.8, 4) is 0 Å². The van der Waals surface area contributed by atoms with E-state index >= 15 is 0 Å². The Kier molecular flexibility index (Phi) is 6.34. The van der Waals surface area contributed by atoms with E-state index in [1.165, 1.54) is 12.1 Å². The number of alkyl halides is 3. The Morgan fingerprint density at radius 1 is 1.19 bits per heavy atom. The van der Waals surface area contributed by atoms with Crippen molar-refractivity contribution >= 4 is 21.6 Å². The molecule has 9 heteroatoms. The van der Waals surface area contributed by atoms with Crippen LogP contribution in [-0.2, 0) is 32.8 Å². The first kappa shape index (κ1) is 24.1. The molecule has 2 N–H and O–H groups in total. The van der Waals surface area contributed by atoms with E-state index in [-0.39, 0.29) is 17.9 Å². The summed E-state index contributed by atoms with van der Waals surface area (Å²) < 4.78 is 64.0. The molecule has 1 saturated carbocycles. The smallest absolute Gasteiger partial charge is 0.349 e. The third-order valence-corrected chi connectivity index (χ3v) is 6.68. The maximum absolute atomic E-state index is 12.8. The molecular formula is C23H27F3N2O3S. The van der Waals surface area contributed by atoms with Crippen LogP contribution in [-0.4, -0.2) is 20.6 Å². The minimum atomic E-state index is -4.39. The van der Waals surface area contributed by atoms with Gasteiger partial charge in [-0.1, -0.05) is 38.1 Å². The van der Waals surface area contributed by atoms with Crippen LogP contribution in [0.1, 0.15) is 55.5 Å². The van der Waals surface area contributed by atoms with E-state index in [1.54, 1.807) is 12.1 Å². The highest BCUT2D eigenvalue weighted by Gasteiger charge is 2.55. The van der Waals surface area contributed by atoms with Gasteiger partial charge in [-0.05, 0) is 54.7 Å². The number of hydrogen-bond donors (Lipinski definition) is 2. The zero-order chi connectivity index (χ0) is 23.9. The highest BCUT2D eigenvalue weighted by atomic mass is 32.2. The average Bonchev–Trinajstić information content (AvgIpc) is 3.39. The summed E-state index contributed by atoms with van der Waals surface area (Å²) in [5.41, 5.74) is 1.67. The summed E-state index contributed by atoms with van der Waals surface area (Å²) in [5.74, 6) is -0.477. The summed E-state index contributed by atoms with van der Waals surface area (Å²) in [6, 6.07) is 9.99. The van der Waals surface area contributed by atoms with E-state index in [1.807, 2.05) is 26.8 Å². The third-order valence-electron chi connectivity index (χ3n) is 6.09. The zero-order valence-electron chi connectivity index (χ0n) is 18.4. The molecule has 1 aliphatic rings. The Bertz CT molecular complexity index is 1110. The monoisotopic (exact) mass is 468 g/mol. The first-order valence-corrected chi connectivity index (χ1v) is 12.2. The molecule has 2 aromatic rings. The minimum Gasteiger partial charge on any atom is -0.349 e. The lowest BCUT2D eigenvalue weighted by Crippen LogP contribution is -2.30. The van der Waals surface area contributed by atoms with Crippen molar-refractivity contribution in [2.45, 2.75) is 51.2 Å². The van der Waals surface area contributed by atoms with Gasteiger partial charge in [0, 0.05) is 11.3 Å². The Labute approximate surface area is 186 Å². The predicted octanol–water partition coefficient (Wildman–Crippen LogP) is 4.79. The maximum atomic E-state index is 12.8. The van der Waals surface area contributed by atoms with Gasteiger partial charge in [-0.2, -0.15) is 13.2 Å². The van der Waals surface area contributed by atoms with Crippen molar-refractivity contribution in [3.63, 3.8) is 0 Å². The number of hydrogen-bond acceptors (Lipinski definition) is 3. The number of carbonyl (C=O) groups excluding carboxylic acids is 1. The van der Waals surface area contributed by atoms with Gasteiger partial charge in [0.05, 0.1) is 23.5 Å². The molecule has 1 amide bonds. The Hall–Kier alpha value is -2.55. The van der Waals surface area contributed by atoms with Crippen molar-refractivity contribution in [1.29, 1.82) is 0 Å².